The standard InChI is InChI=1S/C28H28N4O3/c33-27(29-18-24-12-7-17-35-24)23-13-15-31(16-14-23)28(34)25-20-32(19-21-8-3-1-4-9-21)30-26(25)22-10-5-2-6-11-22/h1-12,17,20,23H,13-16,18-19H2,(H,29,33). The number of likely N-dealkylation sites (tertiary alicyclic amines) is 1. The van der Waals surface area contributed by atoms with Crippen molar-refractivity contribution in [3.8, 4) is 11.3 Å². The van der Waals surface area contributed by atoms with Crippen molar-refractivity contribution in [2.45, 2.75) is 25.9 Å². The second kappa shape index (κ2) is 10.4. The predicted octanol–water partition coefficient (Wildman–Crippen LogP) is 4.36. The zero-order valence-electron chi connectivity index (χ0n) is 19.5. The molecule has 3 heterocycles. The van der Waals surface area contributed by atoms with Crippen LogP contribution in [0.5, 0.6) is 0 Å². The zero-order valence-corrected chi connectivity index (χ0v) is 19.5. The first-order valence-corrected chi connectivity index (χ1v) is 11.9. The Morgan fingerprint density at radius 2 is 1.66 bits per heavy atom. The van der Waals surface area contributed by atoms with Crippen LogP contribution in [0.2, 0.25) is 0 Å². The first-order valence-electron chi connectivity index (χ1n) is 11.9. The van der Waals surface area contributed by atoms with Crippen molar-refractivity contribution < 1.29 is 14.0 Å². The summed E-state index contributed by atoms with van der Waals surface area (Å²) < 4.78 is 7.11. The molecule has 4 aromatic rings. The minimum Gasteiger partial charge on any atom is -0.467 e. The molecule has 0 unspecified atom stereocenters. The van der Waals surface area contributed by atoms with Crippen molar-refractivity contribution in [3.05, 3.63) is 102 Å². The van der Waals surface area contributed by atoms with E-state index in [-0.39, 0.29) is 17.7 Å². The molecule has 0 saturated carbocycles. The van der Waals surface area contributed by atoms with Crippen molar-refractivity contribution in [1.29, 1.82) is 0 Å². The number of benzene rings is 2. The highest BCUT2D eigenvalue weighted by atomic mass is 16.3. The number of carbonyl (C=O) groups excluding carboxylic acids is 2. The van der Waals surface area contributed by atoms with Crippen LogP contribution >= 0.6 is 0 Å². The van der Waals surface area contributed by atoms with E-state index in [1.165, 1.54) is 0 Å². The molecule has 2 aromatic heterocycles. The molecule has 2 amide bonds. The Bertz CT molecular complexity index is 1260. The quantitative estimate of drug-likeness (QED) is 0.437. The molecule has 5 rings (SSSR count). The largest absolute Gasteiger partial charge is 0.467 e. The molecule has 0 spiro atoms. The molecule has 0 aliphatic carbocycles. The van der Waals surface area contributed by atoms with Crippen LogP contribution in [-0.4, -0.2) is 39.6 Å². The number of nitrogens with one attached hydrogen (secondary N) is 1. The summed E-state index contributed by atoms with van der Waals surface area (Å²) in [6.45, 7) is 2.05. The highest BCUT2D eigenvalue weighted by Gasteiger charge is 2.30. The van der Waals surface area contributed by atoms with Gasteiger partial charge in [-0.3, -0.25) is 14.3 Å². The Hall–Kier alpha value is -4.13. The van der Waals surface area contributed by atoms with E-state index in [2.05, 4.69) is 5.32 Å². The Morgan fingerprint density at radius 1 is 0.943 bits per heavy atom. The minimum atomic E-state index is -0.108. The molecule has 0 radical (unpaired) electrons. The summed E-state index contributed by atoms with van der Waals surface area (Å²) in [5, 5.41) is 7.72. The van der Waals surface area contributed by atoms with Gasteiger partial charge in [0.15, 0.2) is 0 Å². The molecule has 0 bridgehead atoms. The molecule has 1 N–H and O–H groups in total. The van der Waals surface area contributed by atoms with E-state index in [1.54, 1.807) is 12.3 Å². The lowest BCUT2D eigenvalue weighted by Crippen LogP contribution is -2.43. The van der Waals surface area contributed by atoms with Gasteiger partial charge in [0.25, 0.3) is 5.91 Å². The maximum atomic E-state index is 13.6. The van der Waals surface area contributed by atoms with Gasteiger partial charge in [-0.2, -0.15) is 5.10 Å². The van der Waals surface area contributed by atoms with Crippen LogP contribution in [0, 0.1) is 5.92 Å². The zero-order chi connectivity index (χ0) is 24.0. The van der Waals surface area contributed by atoms with Gasteiger partial charge >= 0.3 is 0 Å². The van der Waals surface area contributed by atoms with Gasteiger partial charge in [0.1, 0.15) is 11.5 Å². The van der Waals surface area contributed by atoms with Crippen LogP contribution in [0.4, 0.5) is 0 Å². The van der Waals surface area contributed by atoms with Crippen molar-refractivity contribution >= 4 is 11.8 Å². The van der Waals surface area contributed by atoms with Crippen LogP contribution in [-0.2, 0) is 17.9 Å². The van der Waals surface area contributed by atoms with Gasteiger partial charge in [-0.05, 0) is 30.5 Å². The molecule has 1 aliphatic rings. The molecular formula is C28H28N4O3. The van der Waals surface area contributed by atoms with Crippen LogP contribution < -0.4 is 5.32 Å². The number of amides is 2. The number of carbonyl (C=O) groups is 2. The van der Waals surface area contributed by atoms with Gasteiger partial charge in [0.05, 0.1) is 24.9 Å². The van der Waals surface area contributed by atoms with Gasteiger partial charge in [-0.1, -0.05) is 60.7 Å². The number of hydrogen-bond acceptors (Lipinski definition) is 4. The Balaban J connectivity index is 1.28. The van der Waals surface area contributed by atoms with Gasteiger partial charge in [0, 0.05) is 30.8 Å². The van der Waals surface area contributed by atoms with Crippen LogP contribution in [0.25, 0.3) is 11.3 Å². The number of rotatable bonds is 7. The normalized spacial score (nSPS) is 14.1. The van der Waals surface area contributed by atoms with Gasteiger partial charge in [0.2, 0.25) is 5.91 Å². The third-order valence-corrected chi connectivity index (χ3v) is 6.40. The lowest BCUT2D eigenvalue weighted by Gasteiger charge is -2.31. The van der Waals surface area contributed by atoms with Crippen LogP contribution in [0.1, 0.15) is 34.5 Å². The third-order valence-electron chi connectivity index (χ3n) is 6.40. The predicted molar refractivity (Wildman–Crippen MR) is 132 cm³/mol. The van der Waals surface area contributed by atoms with Crippen molar-refractivity contribution in [3.63, 3.8) is 0 Å². The topological polar surface area (TPSA) is 80.4 Å². The number of piperidine rings is 1. The van der Waals surface area contributed by atoms with Gasteiger partial charge < -0.3 is 14.6 Å². The van der Waals surface area contributed by atoms with E-state index < -0.39 is 0 Å². The summed E-state index contributed by atoms with van der Waals surface area (Å²) in [5.41, 5.74) is 3.31. The fraction of sp³-hybridized carbons (Fsp3) is 0.250. The average molecular weight is 469 g/mol. The summed E-state index contributed by atoms with van der Waals surface area (Å²) in [7, 11) is 0. The van der Waals surface area contributed by atoms with Crippen molar-refractivity contribution in [2.75, 3.05) is 13.1 Å². The summed E-state index contributed by atoms with van der Waals surface area (Å²) in [4.78, 5) is 28.0. The number of aromatic nitrogens is 2. The van der Waals surface area contributed by atoms with E-state index in [0.717, 1.165) is 16.9 Å². The smallest absolute Gasteiger partial charge is 0.257 e. The highest BCUT2D eigenvalue weighted by Crippen LogP contribution is 2.26. The number of nitrogens with zero attached hydrogens (tertiary/aromatic N) is 3. The molecule has 7 nitrogen and oxygen atoms in total. The van der Waals surface area contributed by atoms with Crippen LogP contribution in [0.3, 0.4) is 0 Å². The van der Waals surface area contributed by atoms with Gasteiger partial charge in [-0.25, -0.2) is 0 Å². The lowest BCUT2D eigenvalue weighted by molar-refractivity contribution is -0.126. The van der Waals surface area contributed by atoms with Gasteiger partial charge in [-0.15, -0.1) is 0 Å². The summed E-state index contributed by atoms with van der Waals surface area (Å²) >= 11 is 0. The maximum Gasteiger partial charge on any atom is 0.257 e. The number of furan rings is 1. The molecule has 178 valence electrons. The number of hydrogen-bond donors (Lipinski definition) is 1. The molecule has 35 heavy (non-hydrogen) atoms. The highest BCUT2D eigenvalue weighted by molar-refractivity contribution is 6.00. The molecule has 1 saturated heterocycles. The van der Waals surface area contributed by atoms with E-state index in [0.29, 0.717) is 50.3 Å². The molecule has 7 heteroatoms. The average Bonchev–Trinajstić information content (AvgIpc) is 3.58. The van der Waals surface area contributed by atoms with E-state index in [9.17, 15) is 9.59 Å². The lowest BCUT2D eigenvalue weighted by atomic mass is 9.95. The Morgan fingerprint density at radius 3 is 2.34 bits per heavy atom. The Labute approximate surface area is 204 Å². The third kappa shape index (κ3) is 5.35. The first-order chi connectivity index (χ1) is 17.2. The summed E-state index contributed by atoms with van der Waals surface area (Å²) in [6.07, 6.45) is 4.71. The minimum absolute atomic E-state index is 0.00848. The van der Waals surface area contributed by atoms with E-state index >= 15 is 0 Å². The maximum absolute atomic E-state index is 13.6. The second-order valence-electron chi connectivity index (χ2n) is 8.80. The molecule has 1 aliphatic heterocycles. The van der Waals surface area contributed by atoms with E-state index in [1.807, 2.05) is 82.5 Å². The fourth-order valence-electron chi connectivity index (χ4n) is 4.49. The first kappa shape index (κ1) is 22.7. The molecule has 0 atom stereocenters. The molecule has 2 aromatic carbocycles. The summed E-state index contributed by atoms with van der Waals surface area (Å²) in [5.74, 6) is 0.585. The van der Waals surface area contributed by atoms with Crippen molar-refractivity contribution in [1.82, 2.24) is 20.0 Å². The monoisotopic (exact) mass is 468 g/mol. The van der Waals surface area contributed by atoms with Crippen molar-refractivity contribution in [2.24, 2.45) is 5.92 Å². The molecule has 1 fully saturated rings. The van der Waals surface area contributed by atoms with Crippen LogP contribution in [0.15, 0.2) is 89.7 Å². The fourth-order valence-corrected chi connectivity index (χ4v) is 4.49. The second-order valence-corrected chi connectivity index (χ2v) is 8.80. The molecular weight excluding hydrogens is 440 g/mol. The Kier molecular flexibility index (Phi) is 6.75. The SMILES string of the molecule is O=C(NCc1ccco1)C1CCN(C(=O)c2cn(Cc3ccccc3)nc2-c2ccccc2)CC1. The van der Waals surface area contributed by atoms with E-state index in [4.69, 9.17) is 9.52 Å². The summed E-state index contributed by atoms with van der Waals surface area (Å²) in [6, 6.07) is 23.5.